The second-order valence-corrected chi connectivity index (χ2v) is 6.13. The summed E-state index contributed by atoms with van der Waals surface area (Å²) >= 11 is 0. The molecule has 0 aliphatic heterocycles. The summed E-state index contributed by atoms with van der Waals surface area (Å²) < 4.78 is 43.4. The van der Waals surface area contributed by atoms with Gasteiger partial charge in [-0.05, 0) is 42.3 Å². The summed E-state index contributed by atoms with van der Waals surface area (Å²) in [4.78, 5) is 22.4. The van der Waals surface area contributed by atoms with Crippen LogP contribution in [0.2, 0.25) is 0 Å². The van der Waals surface area contributed by atoms with Crippen LogP contribution in [0.25, 0.3) is 0 Å². The molecule has 0 aliphatic carbocycles. The van der Waals surface area contributed by atoms with Crippen molar-refractivity contribution in [2.24, 2.45) is 0 Å². The minimum Gasteiger partial charge on any atom is -0.458 e. The fourth-order valence-corrected chi connectivity index (χ4v) is 2.14. The molecule has 0 aromatic heterocycles. The van der Waals surface area contributed by atoms with Crippen LogP contribution in [0.15, 0.2) is 73.3 Å². The highest BCUT2D eigenvalue weighted by Crippen LogP contribution is 2.31. The molecule has 29 heavy (non-hydrogen) atoms. The predicted molar refractivity (Wildman–Crippen MR) is 102 cm³/mol. The van der Waals surface area contributed by atoms with Crippen LogP contribution in [0.3, 0.4) is 0 Å². The summed E-state index contributed by atoms with van der Waals surface area (Å²) in [5.41, 5.74) is 1.07. The number of halogens is 2. The van der Waals surface area contributed by atoms with E-state index in [0.717, 1.165) is 6.08 Å². The Morgan fingerprint density at radius 3 is 2.00 bits per heavy atom. The molecule has 0 atom stereocenters. The SMILES string of the molecule is C=CC(=O)OCc1ccc(OC(F)(F)c2ccc(COC(=O)C(=C)C)cc2)cc1. The van der Waals surface area contributed by atoms with Crippen molar-refractivity contribution in [1.29, 1.82) is 0 Å². The van der Waals surface area contributed by atoms with Gasteiger partial charge in [-0.3, -0.25) is 0 Å². The fourth-order valence-electron chi connectivity index (χ4n) is 2.14. The third kappa shape index (κ3) is 6.57. The van der Waals surface area contributed by atoms with E-state index in [9.17, 15) is 18.4 Å². The van der Waals surface area contributed by atoms with Crippen LogP contribution >= 0.6 is 0 Å². The molecule has 2 rings (SSSR count). The van der Waals surface area contributed by atoms with Crippen molar-refractivity contribution >= 4 is 11.9 Å². The summed E-state index contributed by atoms with van der Waals surface area (Å²) in [6.07, 6.45) is -2.53. The largest absolute Gasteiger partial charge is 0.458 e. The maximum absolute atomic E-state index is 14.4. The molecule has 0 heterocycles. The van der Waals surface area contributed by atoms with Gasteiger partial charge in [0, 0.05) is 11.6 Å². The summed E-state index contributed by atoms with van der Waals surface area (Å²) in [6, 6.07) is 11.0. The highest BCUT2D eigenvalue weighted by Gasteiger charge is 2.34. The lowest BCUT2D eigenvalue weighted by atomic mass is 10.1. The Morgan fingerprint density at radius 2 is 1.48 bits per heavy atom. The Bertz CT molecular complexity index is 886. The molecule has 0 saturated carbocycles. The van der Waals surface area contributed by atoms with Gasteiger partial charge in [0.1, 0.15) is 19.0 Å². The normalized spacial score (nSPS) is 10.7. The van der Waals surface area contributed by atoms with Crippen molar-refractivity contribution in [3.05, 3.63) is 90.0 Å². The average Bonchev–Trinajstić information content (AvgIpc) is 2.71. The van der Waals surface area contributed by atoms with Crippen molar-refractivity contribution in [2.45, 2.75) is 26.2 Å². The number of alkyl halides is 2. The van der Waals surface area contributed by atoms with Crippen molar-refractivity contribution < 1.29 is 32.6 Å². The number of benzene rings is 2. The number of hydrogen-bond donors (Lipinski definition) is 0. The van der Waals surface area contributed by atoms with Gasteiger partial charge in [-0.15, -0.1) is 0 Å². The van der Waals surface area contributed by atoms with E-state index in [-0.39, 0.29) is 30.1 Å². The van der Waals surface area contributed by atoms with Gasteiger partial charge in [-0.1, -0.05) is 37.4 Å². The van der Waals surface area contributed by atoms with Gasteiger partial charge in [0.05, 0.1) is 5.56 Å². The topological polar surface area (TPSA) is 61.8 Å². The second-order valence-electron chi connectivity index (χ2n) is 6.13. The molecular formula is C22H20F2O5. The van der Waals surface area contributed by atoms with E-state index in [1.54, 1.807) is 0 Å². The van der Waals surface area contributed by atoms with Gasteiger partial charge in [0.2, 0.25) is 0 Å². The molecular weight excluding hydrogens is 382 g/mol. The third-order valence-corrected chi connectivity index (χ3v) is 3.73. The van der Waals surface area contributed by atoms with Gasteiger partial charge in [0.25, 0.3) is 0 Å². The highest BCUT2D eigenvalue weighted by atomic mass is 19.3. The zero-order valence-corrected chi connectivity index (χ0v) is 15.8. The smallest absolute Gasteiger partial charge is 0.426 e. The maximum atomic E-state index is 14.4. The lowest BCUT2D eigenvalue weighted by Gasteiger charge is -2.19. The average molecular weight is 402 g/mol. The number of ether oxygens (including phenoxy) is 3. The zero-order chi connectivity index (χ0) is 21.4. The first kappa shape index (κ1) is 21.8. The minimum absolute atomic E-state index is 0.00105. The molecule has 0 fully saturated rings. The van der Waals surface area contributed by atoms with Crippen LogP contribution in [-0.2, 0) is 38.4 Å². The molecule has 0 unspecified atom stereocenters. The molecule has 2 aromatic carbocycles. The van der Waals surface area contributed by atoms with E-state index in [4.69, 9.17) is 14.2 Å². The van der Waals surface area contributed by atoms with Crippen LogP contribution in [-0.4, -0.2) is 11.9 Å². The van der Waals surface area contributed by atoms with Crippen molar-refractivity contribution in [2.75, 3.05) is 0 Å². The summed E-state index contributed by atoms with van der Waals surface area (Å²) in [5, 5.41) is 0. The lowest BCUT2D eigenvalue weighted by Crippen LogP contribution is -2.21. The van der Waals surface area contributed by atoms with Gasteiger partial charge < -0.3 is 14.2 Å². The first-order valence-corrected chi connectivity index (χ1v) is 8.58. The molecule has 2 aromatic rings. The Hall–Kier alpha value is -3.48. The van der Waals surface area contributed by atoms with E-state index in [2.05, 4.69) is 13.2 Å². The van der Waals surface area contributed by atoms with Crippen LogP contribution in [0, 0.1) is 0 Å². The monoisotopic (exact) mass is 402 g/mol. The lowest BCUT2D eigenvalue weighted by molar-refractivity contribution is -0.185. The second kappa shape index (κ2) is 9.64. The molecule has 152 valence electrons. The van der Waals surface area contributed by atoms with Crippen molar-refractivity contribution in [1.82, 2.24) is 0 Å². The van der Waals surface area contributed by atoms with Crippen LogP contribution in [0.4, 0.5) is 8.78 Å². The molecule has 0 amide bonds. The first-order valence-electron chi connectivity index (χ1n) is 8.58. The number of hydrogen-bond acceptors (Lipinski definition) is 5. The van der Waals surface area contributed by atoms with Crippen LogP contribution < -0.4 is 4.74 Å². The van der Waals surface area contributed by atoms with E-state index < -0.39 is 18.0 Å². The number of esters is 2. The quantitative estimate of drug-likeness (QED) is 0.451. The van der Waals surface area contributed by atoms with E-state index in [0.29, 0.717) is 11.1 Å². The van der Waals surface area contributed by atoms with E-state index in [1.165, 1.54) is 55.5 Å². The van der Waals surface area contributed by atoms with E-state index in [1.807, 2.05) is 0 Å². The Balaban J connectivity index is 1.97. The standard InChI is InChI=1S/C22H20F2O5/c1-4-20(25)27-13-17-7-11-19(12-8-17)29-22(23,24)18-9-5-16(6-10-18)14-28-21(26)15(2)3/h4-12H,1-2,13-14H2,3H3. The number of rotatable bonds is 9. The number of carbonyl (C=O) groups excluding carboxylic acids is 2. The Kier molecular flexibility index (Phi) is 7.25. The van der Waals surface area contributed by atoms with Gasteiger partial charge in [0.15, 0.2) is 0 Å². The first-order chi connectivity index (χ1) is 13.7. The minimum atomic E-state index is -3.57. The summed E-state index contributed by atoms with van der Waals surface area (Å²) in [6.45, 7) is 8.22. The third-order valence-electron chi connectivity index (χ3n) is 3.73. The van der Waals surface area contributed by atoms with Gasteiger partial charge in [-0.2, -0.15) is 8.78 Å². The molecule has 0 bridgehead atoms. The molecule has 0 radical (unpaired) electrons. The summed E-state index contributed by atoms with van der Waals surface area (Å²) in [7, 11) is 0. The fraction of sp³-hybridized carbons (Fsp3) is 0.182. The zero-order valence-electron chi connectivity index (χ0n) is 15.8. The number of carbonyl (C=O) groups is 2. The van der Waals surface area contributed by atoms with Crippen molar-refractivity contribution in [3.63, 3.8) is 0 Å². The van der Waals surface area contributed by atoms with Crippen molar-refractivity contribution in [3.8, 4) is 5.75 Å². The highest BCUT2D eigenvalue weighted by molar-refractivity contribution is 5.86. The molecule has 7 heteroatoms. The molecule has 0 saturated heterocycles. The predicted octanol–water partition coefficient (Wildman–Crippen LogP) is 4.66. The summed E-state index contributed by atoms with van der Waals surface area (Å²) in [5.74, 6) is -1.17. The van der Waals surface area contributed by atoms with Gasteiger partial charge >= 0.3 is 18.0 Å². The maximum Gasteiger partial charge on any atom is 0.426 e. The van der Waals surface area contributed by atoms with Crippen LogP contribution in [0.1, 0.15) is 23.6 Å². The van der Waals surface area contributed by atoms with Crippen LogP contribution in [0.5, 0.6) is 5.75 Å². The molecule has 5 nitrogen and oxygen atoms in total. The van der Waals surface area contributed by atoms with Gasteiger partial charge in [-0.25, -0.2) is 9.59 Å². The molecule has 0 spiro atoms. The molecule has 0 aliphatic rings. The van der Waals surface area contributed by atoms with E-state index >= 15 is 0 Å². The Labute approximate surface area is 167 Å². The molecule has 0 N–H and O–H groups in total. The Morgan fingerprint density at radius 1 is 0.966 bits per heavy atom.